The molecule has 0 bridgehead atoms. The van der Waals surface area contributed by atoms with Crippen molar-refractivity contribution in [2.75, 3.05) is 18.4 Å². The molecule has 0 aliphatic carbocycles. The predicted molar refractivity (Wildman–Crippen MR) is 93.9 cm³/mol. The average molecular weight is 358 g/mol. The number of carbonyl (C=O) groups excluding carboxylic acids is 3. The van der Waals surface area contributed by atoms with Crippen molar-refractivity contribution in [3.05, 3.63) is 41.6 Å². The van der Waals surface area contributed by atoms with Gasteiger partial charge < -0.3 is 19.7 Å². The van der Waals surface area contributed by atoms with Crippen LogP contribution in [0.15, 0.2) is 36.0 Å². The van der Waals surface area contributed by atoms with Crippen LogP contribution < -0.4 is 5.32 Å². The Hall–Kier alpha value is -2.83. The van der Waals surface area contributed by atoms with Crippen LogP contribution in [0.1, 0.15) is 32.3 Å². The summed E-state index contributed by atoms with van der Waals surface area (Å²) in [6.07, 6.45) is 3.79. The van der Waals surface area contributed by atoms with Gasteiger partial charge in [0.25, 0.3) is 5.79 Å². The maximum atomic E-state index is 12.2. The Morgan fingerprint density at radius 3 is 2.27 bits per heavy atom. The van der Waals surface area contributed by atoms with Crippen LogP contribution in [-0.2, 0) is 30.3 Å². The molecular formula is C19H22N2O5. The molecule has 0 unspecified atom stereocenters. The van der Waals surface area contributed by atoms with Gasteiger partial charge in [0.1, 0.15) is 0 Å². The van der Waals surface area contributed by atoms with Crippen LogP contribution in [0.4, 0.5) is 5.69 Å². The molecule has 138 valence electrons. The second-order valence-electron chi connectivity index (χ2n) is 6.84. The number of hydrogen-bond donors (Lipinski definition) is 1. The first-order chi connectivity index (χ1) is 12.3. The summed E-state index contributed by atoms with van der Waals surface area (Å²) in [6.45, 7) is 4.68. The summed E-state index contributed by atoms with van der Waals surface area (Å²) in [5, 5.41) is 2.88. The minimum absolute atomic E-state index is 0.139. The summed E-state index contributed by atoms with van der Waals surface area (Å²) in [5.74, 6) is -2.58. The third-order valence-electron chi connectivity index (χ3n) is 4.27. The fourth-order valence-electron chi connectivity index (χ4n) is 2.91. The lowest BCUT2D eigenvalue weighted by Crippen LogP contribution is -2.42. The molecular weight excluding hydrogens is 336 g/mol. The van der Waals surface area contributed by atoms with Crippen LogP contribution in [0, 0.1) is 0 Å². The number of esters is 2. The van der Waals surface area contributed by atoms with E-state index in [9.17, 15) is 14.4 Å². The van der Waals surface area contributed by atoms with Crippen molar-refractivity contribution in [3.63, 3.8) is 0 Å². The highest BCUT2D eigenvalue weighted by Crippen LogP contribution is 2.23. The normalized spacial score (nSPS) is 19.0. The van der Waals surface area contributed by atoms with E-state index in [-0.39, 0.29) is 11.5 Å². The smallest absolute Gasteiger partial charge is 0.350 e. The number of amides is 1. The fraction of sp³-hybridized carbons (Fsp3) is 0.421. The number of carbonyl (C=O) groups is 3. The van der Waals surface area contributed by atoms with Crippen molar-refractivity contribution < 1.29 is 23.9 Å². The van der Waals surface area contributed by atoms with Gasteiger partial charge in [-0.25, -0.2) is 9.59 Å². The van der Waals surface area contributed by atoms with E-state index in [1.807, 2.05) is 17.0 Å². The number of benzene rings is 1. The van der Waals surface area contributed by atoms with E-state index in [1.165, 1.54) is 20.0 Å². The number of hydrogen-bond acceptors (Lipinski definition) is 6. The third-order valence-corrected chi connectivity index (χ3v) is 4.27. The Balaban J connectivity index is 1.60. The molecule has 1 amide bonds. The largest absolute Gasteiger partial charge is 0.419 e. The van der Waals surface area contributed by atoms with Gasteiger partial charge in [0.2, 0.25) is 5.91 Å². The van der Waals surface area contributed by atoms with E-state index in [2.05, 4.69) is 5.32 Å². The van der Waals surface area contributed by atoms with Crippen LogP contribution in [0.25, 0.3) is 0 Å². The molecule has 0 saturated carbocycles. The predicted octanol–water partition coefficient (Wildman–Crippen LogP) is 1.98. The molecule has 1 N–H and O–H groups in total. The first-order valence-corrected chi connectivity index (χ1v) is 8.64. The van der Waals surface area contributed by atoms with Crippen LogP contribution in [-0.4, -0.2) is 41.6 Å². The minimum atomic E-state index is -1.25. The minimum Gasteiger partial charge on any atom is -0.419 e. The van der Waals surface area contributed by atoms with E-state index in [1.54, 1.807) is 12.1 Å². The number of likely N-dealkylation sites (tertiary alicyclic amines) is 1. The third kappa shape index (κ3) is 4.22. The number of nitrogens with one attached hydrogen (secondary N) is 1. The number of anilines is 1. The molecule has 2 aliphatic rings. The lowest BCUT2D eigenvalue weighted by Gasteiger charge is -2.29. The molecule has 7 heteroatoms. The summed E-state index contributed by atoms with van der Waals surface area (Å²) >= 11 is 0. The molecule has 1 aromatic rings. The lowest BCUT2D eigenvalue weighted by atomic mass is 10.1. The molecule has 2 heterocycles. The molecule has 0 aromatic heterocycles. The monoisotopic (exact) mass is 358 g/mol. The van der Waals surface area contributed by atoms with E-state index in [0.717, 1.165) is 31.5 Å². The molecule has 2 aliphatic heterocycles. The maximum Gasteiger partial charge on any atom is 0.350 e. The van der Waals surface area contributed by atoms with Gasteiger partial charge in [0.05, 0.1) is 6.42 Å². The van der Waals surface area contributed by atoms with E-state index in [4.69, 9.17) is 9.47 Å². The summed E-state index contributed by atoms with van der Waals surface area (Å²) in [4.78, 5) is 37.8. The molecule has 7 nitrogen and oxygen atoms in total. The molecule has 0 spiro atoms. The van der Waals surface area contributed by atoms with Crippen LogP contribution in [0.2, 0.25) is 0 Å². The van der Waals surface area contributed by atoms with Gasteiger partial charge in [0, 0.05) is 38.8 Å². The number of cyclic esters (lactones) is 2. The van der Waals surface area contributed by atoms with Crippen LogP contribution >= 0.6 is 0 Å². The Morgan fingerprint density at radius 1 is 1.12 bits per heavy atom. The molecule has 2 saturated heterocycles. The Morgan fingerprint density at radius 2 is 1.69 bits per heavy atom. The zero-order valence-electron chi connectivity index (χ0n) is 14.9. The molecule has 26 heavy (non-hydrogen) atoms. The number of rotatable bonds is 4. The highest BCUT2D eigenvalue weighted by molar-refractivity contribution is 6.15. The zero-order valence-corrected chi connectivity index (χ0v) is 14.9. The SMILES string of the molecule is CC1(C)OC(=O)C(=CNc2ccc(CC(=O)N3CCCC3)cc2)C(=O)O1. The zero-order chi connectivity index (χ0) is 18.7. The van der Waals surface area contributed by atoms with Crippen molar-refractivity contribution in [3.8, 4) is 0 Å². The van der Waals surface area contributed by atoms with Crippen molar-refractivity contribution in [2.45, 2.75) is 38.9 Å². The van der Waals surface area contributed by atoms with E-state index < -0.39 is 17.7 Å². The topological polar surface area (TPSA) is 84.9 Å². The van der Waals surface area contributed by atoms with Crippen LogP contribution in [0.3, 0.4) is 0 Å². The van der Waals surface area contributed by atoms with Crippen molar-refractivity contribution in [1.29, 1.82) is 0 Å². The maximum absolute atomic E-state index is 12.2. The van der Waals surface area contributed by atoms with Gasteiger partial charge in [0.15, 0.2) is 5.57 Å². The molecule has 2 fully saturated rings. The number of nitrogens with zero attached hydrogens (tertiary/aromatic N) is 1. The first-order valence-electron chi connectivity index (χ1n) is 8.64. The molecule has 1 aromatic carbocycles. The highest BCUT2D eigenvalue weighted by Gasteiger charge is 2.38. The molecule has 0 atom stereocenters. The summed E-state index contributed by atoms with van der Waals surface area (Å²) in [7, 11) is 0. The Labute approximate surface area is 151 Å². The van der Waals surface area contributed by atoms with Gasteiger partial charge in [-0.2, -0.15) is 0 Å². The summed E-state index contributed by atoms with van der Waals surface area (Å²) in [6, 6.07) is 7.26. The van der Waals surface area contributed by atoms with E-state index in [0.29, 0.717) is 12.1 Å². The van der Waals surface area contributed by atoms with Crippen molar-refractivity contribution >= 4 is 23.5 Å². The fourth-order valence-corrected chi connectivity index (χ4v) is 2.91. The second kappa shape index (κ2) is 7.19. The number of ether oxygens (including phenoxy) is 2. The van der Waals surface area contributed by atoms with Gasteiger partial charge >= 0.3 is 11.9 Å². The summed E-state index contributed by atoms with van der Waals surface area (Å²) < 4.78 is 10.0. The van der Waals surface area contributed by atoms with Gasteiger partial charge in [-0.3, -0.25) is 4.79 Å². The lowest BCUT2D eigenvalue weighted by molar-refractivity contribution is -0.222. The highest BCUT2D eigenvalue weighted by atomic mass is 16.7. The molecule has 3 rings (SSSR count). The standard InChI is InChI=1S/C19H22N2O5/c1-19(2)25-17(23)15(18(24)26-19)12-20-14-7-5-13(6-8-14)11-16(22)21-9-3-4-10-21/h5-8,12,20H,3-4,9-11H2,1-2H3. The van der Waals surface area contributed by atoms with Crippen LogP contribution in [0.5, 0.6) is 0 Å². The second-order valence-corrected chi connectivity index (χ2v) is 6.84. The van der Waals surface area contributed by atoms with Crippen molar-refractivity contribution in [2.24, 2.45) is 0 Å². The Bertz CT molecular complexity index is 724. The van der Waals surface area contributed by atoms with E-state index >= 15 is 0 Å². The van der Waals surface area contributed by atoms with Gasteiger partial charge in [-0.15, -0.1) is 0 Å². The van der Waals surface area contributed by atoms with Gasteiger partial charge in [-0.05, 0) is 30.5 Å². The first kappa shape index (κ1) is 18.0. The van der Waals surface area contributed by atoms with Gasteiger partial charge in [-0.1, -0.05) is 12.1 Å². The average Bonchev–Trinajstić information content (AvgIpc) is 3.09. The quantitative estimate of drug-likeness (QED) is 0.503. The molecule has 0 radical (unpaired) electrons. The summed E-state index contributed by atoms with van der Waals surface area (Å²) in [5.41, 5.74) is 1.40. The Kier molecular flexibility index (Phi) is 4.97. The van der Waals surface area contributed by atoms with Crippen molar-refractivity contribution in [1.82, 2.24) is 4.90 Å².